The molecule has 21 heavy (non-hydrogen) atoms. The number of nitrogens with one attached hydrogen (secondary N) is 1. The molecule has 1 heterocycles. The Hall–Kier alpha value is -0.650. The van der Waals surface area contributed by atoms with E-state index in [0.29, 0.717) is 18.4 Å². The summed E-state index contributed by atoms with van der Waals surface area (Å²) >= 11 is 1.74. The molecule has 0 fully saturated rings. The highest BCUT2D eigenvalue weighted by atomic mass is 32.2. The minimum absolute atomic E-state index is 0.360. The molecule has 0 spiro atoms. The molecule has 1 aliphatic carbocycles. The van der Waals surface area contributed by atoms with Crippen LogP contribution >= 0.6 is 11.3 Å². The third-order valence-corrected chi connectivity index (χ3v) is 6.87. The number of hydrogen-bond donors (Lipinski definition) is 1. The third-order valence-electron chi connectivity index (χ3n) is 4.38. The molecular weight excluding hydrogens is 302 g/mol. The maximum atomic E-state index is 11.8. The summed E-state index contributed by atoms with van der Waals surface area (Å²) in [5.41, 5.74) is 2.80. The zero-order chi connectivity index (χ0) is 15.5. The van der Waals surface area contributed by atoms with E-state index in [2.05, 4.69) is 34.5 Å². The highest BCUT2D eigenvalue weighted by Crippen LogP contribution is 2.34. The molecule has 1 aliphatic rings. The monoisotopic (exact) mass is 327 g/mol. The summed E-state index contributed by atoms with van der Waals surface area (Å²) in [5, 5.41) is 3.96. The molecule has 2 atom stereocenters. The summed E-state index contributed by atoms with van der Waals surface area (Å²) in [4.78, 5) is 0. The predicted molar refractivity (Wildman–Crippen MR) is 90.9 cm³/mol. The van der Waals surface area contributed by atoms with Gasteiger partial charge in [0, 0.05) is 6.54 Å². The highest BCUT2D eigenvalue weighted by Gasteiger charge is 2.23. The van der Waals surface area contributed by atoms with E-state index in [1.54, 1.807) is 25.2 Å². The first-order valence-electron chi connectivity index (χ1n) is 7.60. The standard InChI is InChI=1S/C16H25NO2S2/c1-12(2)21(18,19)17-10-13(3)14-4-6-15(7-5-14)16-8-9-20-11-16/h6,8-9,11-14,17H,4-5,7,10H2,1-3H3. The molecule has 1 aromatic heterocycles. The molecule has 0 saturated carbocycles. The van der Waals surface area contributed by atoms with Gasteiger partial charge in [0.15, 0.2) is 0 Å². The van der Waals surface area contributed by atoms with E-state index in [1.165, 1.54) is 11.1 Å². The van der Waals surface area contributed by atoms with E-state index in [-0.39, 0.29) is 5.25 Å². The second-order valence-corrected chi connectivity index (χ2v) is 9.30. The van der Waals surface area contributed by atoms with Crippen LogP contribution in [0, 0.1) is 11.8 Å². The molecule has 2 rings (SSSR count). The van der Waals surface area contributed by atoms with Gasteiger partial charge in [-0.1, -0.05) is 13.0 Å². The quantitative estimate of drug-likeness (QED) is 0.861. The molecule has 0 saturated heterocycles. The molecule has 3 nitrogen and oxygen atoms in total. The number of thiophene rings is 1. The summed E-state index contributed by atoms with van der Waals surface area (Å²) in [5.74, 6) is 0.945. The molecule has 1 N–H and O–H groups in total. The van der Waals surface area contributed by atoms with Gasteiger partial charge in [-0.3, -0.25) is 0 Å². The van der Waals surface area contributed by atoms with Crippen LogP contribution in [0.15, 0.2) is 22.9 Å². The van der Waals surface area contributed by atoms with Gasteiger partial charge in [-0.05, 0) is 72.9 Å². The maximum Gasteiger partial charge on any atom is 0.213 e. The Morgan fingerprint density at radius 2 is 2.14 bits per heavy atom. The lowest BCUT2D eigenvalue weighted by Gasteiger charge is -2.27. The van der Waals surface area contributed by atoms with E-state index in [1.807, 2.05) is 0 Å². The zero-order valence-electron chi connectivity index (χ0n) is 13.0. The summed E-state index contributed by atoms with van der Waals surface area (Å²) in [6.45, 7) is 6.12. The third kappa shape index (κ3) is 4.41. The summed E-state index contributed by atoms with van der Waals surface area (Å²) in [7, 11) is -3.14. The van der Waals surface area contributed by atoms with Crippen LogP contribution in [-0.4, -0.2) is 20.2 Å². The number of sulfonamides is 1. The van der Waals surface area contributed by atoms with Crippen molar-refractivity contribution in [1.82, 2.24) is 4.72 Å². The first-order valence-corrected chi connectivity index (χ1v) is 10.1. The molecule has 0 aliphatic heterocycles. The molecule has 2 unspecified atom stereocenters. The molecule has 118 valence electrons. The average molecular weight is 328 g/mol. The van der Waals surface area contributed by atoms with Gasteiger partial charge >= 0.3 is 0 Å². The van der Waals surface area contributed by atoms with Crippen LogP contribution in [0.1, 0.15) is 45.6 Å². The van der Waals surface area contributed by atoms with E-state index < -0.39 is 10.0 Å². The largest absolute Gasteiger partial charge is 0.215 e. The fourth-order valence-electron chi connectivity index (χ4n) is 2.66. The molecule has 1 aromatic rings. The molecule has 0 amide bonds. The van der Waals surface area contributed by atoms with Crippen LogP contribution in [0.3, 0.4) is 0 Å². The smallest absolute Gasteiger partial charge is 0.213 e. The van der Waals surface area contributed by atoms with Crippen molar-refractivity contribution in [3.8, 4) is 0 Å². The first-order chi connectivity index (χ1) is 9.90. The Labute approximate surface area is 132 Å². The van der Waals surface area contributed by atoms with Crippen LogP contribution in [0.2, 0.25) is 0 Å². The van der Waals surface area contributed by atoms with Gasteiger partial charge in [0.2, 0.25) is 10.0 Å². The molecular formula is C16H25NO2S2. The summed E-state index contributed by atoms with van der Waals surface area (Å²) in [6.07, 6.45) is 5.63. The van der Waals surface area contributed by atoms with Crippen molar-refractivity contribution >= 4 is 26.9 Å². The summed E-state index contributed by atoms with van der Waals surface area (Å²) < 4.78 is 26.4. The highest BCUT2D eigenvalue weighted by molar-refractivity contribution is 7.90. The lowest BCUT2D eigenvalue weighted by atomic mass is 9.80. The van der Waals surface area contributed by atoms with Crippen LogP contribution in [-0.2, 0) is 10.0 Å². The van der Waals surface area contributed by atoms with Gasteiger partial charge in [-0.2, -0.15) is 11.3 Å². The normalized spacial score (nSPS) is 21.3. The van der Waals surface area contributed by atoms with Gasteiger partial charge in [0.05, 0.1) is 5.25 Å². The lowest BCUT2D eigenvalue weighted by Crippen LogP contribution is -2.36. The fourth-order valence-corrected chi connectivity index (χ4v) is 4.17. The SMILES string of the molecule is CC(CNS(=O)(=O)C(C)C)C1CC=C(c2ccsc2)CC1. The second kappa shape index (κ2) is 7.07. The number of hydrogen-bond acceptors (Lipinski definition) is 3. The van der Waals surface area contributed by atoms with Gasteiger partial charge < -0.3 is 0 Å². The Bertz CT molecular complexity index is 573. The first kappa shape index (κ1) is 16.7. The van der Waals surface area contributed by atoms with Gasteiger partial charge in [0.1, 0.15) is 0 Å². The van der Waals surface area contributed by atoms with Crippen LogP contribution in [0.5, 0.6) is 0 Å². The van der Waals surface area contributed by atoms with Gasteiger partial charge in [-0.15, -0.1) is 0 Å². The fraction of sp³-hybridized carbons (Fsp3) is 0.625. The Morgan fingerprint density at radius 1 is 1.38 bits per heavy atom. The van der Waals surface area contributed by atoms with Crippen molar-refractivity contribution < 1.29 is 8.42 Å². The Morgan fingerprint density at radius 3 is 2.67 bits per heavy atom. The molecule has 5 heteroatoms. The van der Waals surface area contributed by atoms with Crippen LogP contribution in [0.4, 0.5) is 0 Å². The topological polar surface area (TPSA) is 46.2 Å². The Balaban J connectivity index is 1.87. The Kier molecular flexibility index (Phi) is 5.63. The van der Waals surface area contributed by atoms with E-state index >= 15 is 0 Å². The number of allylic oxidation sites excluding steroid dienone is 2. The van der Waals surface area contributed by atoms with E-state index in [0.717, 1.165) is 19.3 Å². The van der Waals surface area contributed by atoms with Crippen molar-refractivity contribution in [2.24, 2.45) is 11.8 Å². The zero-order valence-corrected chi connectivity index (χ0v) is 14.6. The van der Waals surface area contributed by atoms with Crippen LogP contribution < -0.4 is 4.72 Å². The van der Waals surface area contributed by atoms with Crippen LogP contribution in [0.25, 0.3) is 5.57 Å². The van der Waals surface area contributed by atoms with Gasteiger partial charge in [0.25, 0.3) is 0 Å². The minimum atomic E-state index is -3.14. The van der Waals surface area contributed by atoms with Gasteiger partial charge in [-0.25, -0.2) is 13.1 Å². The maximum absolute atomic E-state index is 11.8. The lowest BCUT2D eigenvalue weighted by molar-refractivity contribution is 0.334. The number of rotatable bonds is 6. The molecule has 0 aromatic carbocycles. The van der Waals surface area contributed by atoms with Crippen molar-refractivity contribution in [2.45, 2.75) is 45.3 Å². The van der Waals surface area contributed by atoms with Crippen molar-refractivity contribution in [3.63, 3.8) is 0 Å². The van der Waals surface area contributed by atoms with E-state index in [9.17, 15) is 8.42 Å². The second-order valence-electron chi connectivity index (χ2n) is 6.20. The summed E-state index contributed by atoms with van der Waals surface area (Å²) in [6, 6.07) is 2.18. The predicted octanol–water partition coefficient (Wildman–Crippen LogP) is 3.90. The molecule has 0 bridgehead atoms. The minimum Gasteiger partial charge on any atom is -0.215 e. The molecule has 0 radical (unpaired) electrons. The van der Waals surface area contributed by atoms with E-state index in [4.69, 9.17) is 0 Å². The van der Waals surface area contributed by atoms with Crippen molar-refractivity contribution in [2.75, 3.05) is 6.54 Å². The average Bonchev–Trinajstić information content (AvgIpc) is 2.99. The van der Waals surface area contributed by atoms with Crippen molar-refractivity contribution in [1.29, 1.82) is 0 Å². The van der Waals surface area contributed by atoms with Crippen molar-refractivity contribution in [3.05, 3.63) is 28.5 Å².